The van der Waals surface area contributed by atoms with Crippen molar-refractivity contribution in [3.05, 3.63) is 27.8 Å². The number of hydrogen-bond acceptors (Lipinski definition) is 2. The Kier molecular flexibility index (Phi) is 4.29. The summed E-state index contributed by atoms with van der Waals surface area (Å²) < 4.78 is 4.83. The summed E-state index contributed by atoms with van der Waals surface area (Å²) >= 11 is 0. The molecule has 0 saturated carbocycles. The van der Waals surface area contributed by atoms with Crippen molar-refractivity contribution in [3.63, 3.8) is 0 Å². The molecule has 0 fully saturated rings. The number of benzene rings is 1. The zero-order valence-corrected chi connectivity index (χ0v) is 11.5. The Labute approximate surface area is 103 Å². The van der Waals surface area contributed by atoms with Crippen molar-refractivity contribution in [2.45, 2.75) is 34.6 Å². The molecular formula is C14H21NO2. The highest BCUT2D eigenvalue weighted by atomic mass is 16.5. The summed E-state index contributed by atoms with van der Waals surface area (Å²) in [4.78, 5) is 11.6. The summed E-state index contributed by atoms with van der Waals surface area (Å²) in [6.45, 7) is 10.5. The maximum absolute atomic E-state index is 11.6. The minimum atomic E-state index is -0.110. The van der Waals surface area contributed by atoms with Gasteiger partial charge in [-0.15, -0.1) is 0 Å². The molecule has 0 aromatic heterocycles. The second kappa shape index (κ2) is 5.32. The van der Waals surface area contributed by atoms with E-state index in [4.69, 9.17) is 4.74 Å². The molecule has 3 nitrogen and oxygen atoms in total. The number of anilines is 1. The fourth-order valence-corrected chi connectivity index (χ4v) is 1.99. The molecule has 0 spiro atoms. The third-order valence-electron chi connectivity index (χ3n) is 3.54. The number of carbonyl (C=O) groups is 1. The molecule has 0 unspecified atom stereocenters. The molecule has 17 heavy (non-hydrogen) atoms. The van der Waals surface area contributed by atoms with Crippen molar-refractivity contribution in [1.82, 2.24) is 0 Å². The number of ether oxygens (including phenoxy) is 1. The molecule has 94 valence electrons. The molecule has 0 saturated heterocycles. The van der Waals surface area contributed by atoms with Gasteiger partial charge in [-0.2, -0.15) is 0 Å². The van der Waals surface area contributed by atoms with Crippen LogP contribution in [0.25, 0.3) is 0 Å². The second-order valence-corrected chi connectivity index (χ2v) is 4.48. The van der Waals surface area contributed by atoms with Crippen LogP contribution in [-0.2, 0) is 9.53 Å². The molecular weight excluding hydrogens is 214 g/mol. The Morgan fingerprint density at radius 3 is 1.76 bits per heavy atom. The first-order chi connectivity index (χ1) is 7.90. The number of nitrogens with one attached hydrogen (secondary N) is 1. The van der Waals surface area contributed by atoms with Crippen LogP contribution < -0.4 is 5.32 Å². The lowest BCUT2D eigenvalue weighted by Crippen LogP contribution is -2.19. The van der Waals surface area contributed by atoms with Gasteiger partial charge in [0, 0.05) is 12.8 Å². The molecule has 0 atom stereocenters. The highest BCUT2D eigenvalue weighted by Crippen LogP contribution is 2.29. The van der Waals surface area contributed by atoms with Gasteiger partial charge < -0.3 is 10.1 Å². The Balaban J connectivity index is 3.20. The van der Waals surface area contributed by atoms with Crippen molar-refractivity contribution < 1.29 is 9.53 Å². The van der Waals surface area contributed by atoms with E-state index < -0.39 is 0 Å². The smallest absolute Gasteiger partial charge is 0.250 e. The SMILES string of the molecule is COCC(=O)Nc1c(C)c(C)c(C)c(C)c1C. The van der Waals surface area contributed by atoms with E-state index in [1.54, 1.807) is 0 Å². The van der Waals surface area contributed by atoms with Gasteiger partial charge in [0.1, 0.15) is 6.61 Å². The molecule has 1 amide bonds. The van der Waals surface area contributed by atoms with Gasteiger partial charge in [-0.25, -0.2) is 0 Å². The van der Waals surface area contributed by atoms with Crippen molar-refractivity contribution in [3.8, 4) is 0 Å². The summed E-state index contributed by atoms with van der Waals surface area (Å²) in [6.07, 6.45) is 0. The highest BCUT2D eigenvalue weighted by Gasteiger charge is 2.13. The van der Waals surface area contributed by atoms with Crippen LogP contribution in [0.15, 0.2) is 0 Å². The van der Waals surface area contributed by atoms with Gasteiger partial charge in [0.25, 0.3) is 0 Å². The van der Waals surface area contributed by atoms with Crippen LogP contribution in [0.2, 0.25) is 0 Å². The third-order valence-corrected chi connectivity index (χ3v) is 3.54. The van der Waals surface area contributed by atoms with Gasteiger partial charge in [0.2, 0.25) is 5.91 Å². The third kappa shape index (κ3) is 2.67. The Morgan fingerprint density at radius 2 is 1.35 bits per heavy atom. The maximum atomic E-state index is 11.6. The Morgan fingerprint density at radius 1 is 0.941 bits per heavy atom. The van der Waals surface area contributed by atoms with Crippen LogP contribution in [0.3, 0.4) is 0 Å². The number of hydrogen-bond donors (Lipinski definition) is 1. The molecule has 0 aliphatic carbocycles. The van der Waals surface area contributed by atoms with Crippen molar-refractivity contribution in [2.24, 2.45) is 0 Å². The summed E-state index contributed by atoms with van der Waals surface area (Å²) in [7, 11) is 1.52. The number of methoxy groups -OCH3 is 1. The van der Waals surface area contributed by atoms with Crippen LogP contribution in [0, 0.1) is 34.6 Å². The van der Waals surface area contributed by atoms with Gasteiger partial charge in [-0.1, -0.05) is 0 Å². The summed E-state index contributed by atoms with van der Waals surface area (Å²) in [5, 5.41) is 2.92. The lowest BCUT2D eigenvalue weighted by Gasteiger charge is -2.19. The van der Waals surface area contributed by atoms with Gasteiger partial charge in [0.15, 0.2) is 0 Å². The second-order valence-electron chi connectivity index (χ2n) is 4.48. The van der Waals surface area contributed by atoms with E-state index in [0.29, 0.717) is 0 Å². The predicted octanol–water partition coefficient (Wildman–Crippen LogP) is 2.81. The molecule has 1 aromatic carbocycles. The van der Waals surface area contributed by atoms with Crippen LogP contribution >= 0.6 is 0 Å². The molecule has 1 rings (SSSR count). The van der Waals surface area contributed by atoms with E-state index in [-0.39, 0.29) is 12.5 Å². The molecule has 0 aliphatic heterocycles. The molecule has 1 aromatic rings. The topological polar surface area (TPSA) is 38.3 Å². The minimum absolute atomic E-state index is 0.0881. The van der Waals surface area contributed by atoms with E-state index in [2.05, 4.69) is 26.1 Å². The molecule has 0 heterocycles. The quantitative estimate of drug-likeness (QED) is 0.875. The van der Waals surface area contributed by atoms with E-state index in [1.165, 1.54) is 23.8 Å². The lowest BCUT2D eigenvalue weighted by molar-refractivity contribution is -0.119. The molecule has 0 aliphatic rings. The van der Waals surface area contributed by atoms with Gasteiger partial charge in [-0.05, 0) is 62.4 Å². The normalized spacial score (nSPS) is 10.5. The Hall–Kier alpha value is -1.35. The first kappa shape index (κ1) is 13.7. The van der Waals surface area contributed by atoms with Crippen molar-refractivity contribution >= 4 is 11.6 Å². The number of rotatable bonds is 3. The van der Waals surface area contributed by atoms with E-state index in [9.17, 15) is 4.79 Å². The highest BCUT2D eigenvalue weighted by molar-refractivity contribution is 5.93. The van der Waals surface area contributed by atoms with Crippen LogP contribution in [0.5, 0.6) is 0 Å². The number of carbonyl (C=O) groups excluding carboxylic acids is 1. The number of amides is 1. The average molecular weight is 235 g/mol. The Bertz CT molecular complexity index is 421. The largest absolute Gasteiger partial charge is 0.375 e. The van der Waals surface area contributed by atoms with E-state index >= 15 is 0 Å². The predicted molar refractivity (Wildman–Crippen MR) is 70.6 cm³/mol. The van der Waals surface area contributed by atoms with E-state index in [0.717, 1.165) is 16.8 Å². The van der Waals surface area contributed by atoms with Crippen molar-refractivity contribution in [1.29, 1.82) is 0 Å². The zero-order chi connectivity index (χ0) is 13.2. The average Bonchev–Trinajstić information content (AvgIpc) is 2.30. The maximum Gasteiger partial charge on any atom is 0.250 e. The molecule has 3 heteroatoms. The van der Waals surface area contributed by atoms with Crippen LogP contribution in [0.4, 0.5) is 5.69 Å². The van der Waals surface area contributed by atoms with Gasteiger partial charge in [-0.3, -0.25) is 4.79 Å². The fourth-order valence-electron chi connectivity index (χ4n) is 1.99. The summed E-state index contributed by atoms with van der Waals surface area (Å²) in [5.41, 5.74) is 6.96. The van der Waals surface area contributed by atoms with Crippen LogP contribution in [-0.4, -0.2) is 19.6 Å². The molecule has 1 N–H and O–H groups in total. The van der Waals surface area contributed by atoms with Crippen molar-refractivity contribution in [2.75, 3.05) is 19.0 Å². The van der Waals surface area contributed by atoms with Gasteiger partial charge in [0.05, 0.1) is 0 Å². The van der Waals surface area contributed by atoms with Gasteiger partial charge >= 0.3 is 0 Å². The zero-order valence-electron chi connectivity index (χ0n) is 11.5. The van der Waals surface area contributed by atoms with Crippen LogP contribution in [0.1, 0.15) is 27.8 Å². The van der Waals surface area contributed by atoms with E-state index in [1.807, 2.05) is 13.8 Å². The minimum Gasteiger partial charge on any atom is -0.375 e. The fraction of sp³-hybridized carbons (Fsp3) is 0.500. The monoisotopic (exact) mass is 235 g/mol. The lowest BCUT2D eigenvalue weighted by atomic mass is 9.93. The first-order valence-electron chi connectivity index (χ1n) is 5.75. The molecule has 0 bridgehead atoms. The summed E-state index contributed by atoms with van der Waals surface area (Å²) in [6, 6.07) is 0. The summed E-state index contributed by atoms with van der Waals surface area (Å²) in [5.74, 6) is -0.110. The standard InChI is InChI=1S/C14H21NO2/c1-8-9(2)11(4)14(12(5)10(8)3)15-13(16)7-17-6/h7H2,1-6H3,(H,15,16). The molecule has 0 radical (unpaired) electrons. The first-order valence-corrected chi connectivity index (χ1v) is 5.75.